The van der Waals surface area contributed by atoms with Crippen molar-refractivity contribution < 1.29 is 49.0 Å². The second-order valence-electron chi connectivity index (χ2n) is 13.7. The highest BCUT2D eigenvalue weighted by atomic mass is 16.7. The lowest BCUT2D eigenvalue weighted by atomic mass is 9.99. The molecule has 0 spiro atoms. The molecule has 10 nitrogen and oxygen atoms in total. The van der Waals surface area contributed by atoms with Crippen molar-refractivity contribution in [1.29, 1.82) is 0 Å². The number of hydrogen-bond donors (Lipinski definition) is 4. The molecule has 0 unspecified atom stereocenters. The number of rotatable bonds is 32. The van der Waals surface area contributed by atoms with E-state index in [-0.39, 0.29) is 26.1 Å². The zero-order valence-corrected chi connectivity index (χ0v) is 34.5. The molecule has 1 aliphatic rings. The fraction of sp³-hybridized carbons (Fsp3) is 0.574. The molecule has 57 heavy (non-hydrogen) atoms. The highest BCUT2D eigenvalue weighted by Crippen LogP contribution is 2.22. The van der Waals surface area contributed by atoms with Crippen LogP contribution in [0.15, 0.2) is 109 Å². The second-order valence-corrected chi connectivity index (χ2v) is 13.7. The number of carbonyl (C=O) groups excluding carboxylic acids is 2. The van der Waals surface area contributed by atoms with E-state index >= 15 is 0 Å². The lowest BCUT2D eigenvalue weighted by Gasteiger charge is -2.39. The Kier molecular flexibility index (Phi) is 33.1. The number of allylic oxidation sites excluding steroid dienone is 18. The SMILES string of the molecule is CC/C=C\C/C=C\C/C=C\C/C=C\C/C=C\CCCC(=O)OC[C@H](CO[C@@H]1O[C@H](CO)[C@H](O)[C@H](O)[C@H]1O)OC(=O)CCCC/C=C\C/C=C\C/C=C\C/C=C\CC. The number of aliphatic hydroxyl groups excluding tert-OH is 4. The average molecular weight is 797 g/mol. The standard InChI is InChI=1S/C47H72O10/c1-3-5-7-9-11-13-15-17-19-20-22-23-25-27-29-31-33-35-42(49)54-38-40(39-55-47-46(53)45(52)44(51)41(37-48)57-47)56-43(50)36-34-32-30-28-26-24-21-18-16-14-12-10-8-6-4-2/h5-8,11-14,17-19,21-23,26-29,40-41,44-48,51-53H,3-4,9-10,15-16,20,24-25,30-39H2,1-2H3/b7-5-,8-6-,13-11-,14-12-,19-17-,21-18-,23-22-,28-26-,29-27-/t40-,41-,44+,45+,46-,47-/m1/s1. The number of aliphatic hydroxyl groups is 4. The quantitative estimate of drug-likeness (QED) is 0.0296. The Morgan fingerprint density at radius 1 is 0.544 bits per heavy atom. The number of unbranched alkanes of at least 4 members (excludes halogenated alkanes) is 3. The third-order valence-corrected chi connectivity index (χ3v) is 8.65. The van der Waals surface area contributed by atoms with Gasteiger partial charge in [-0.1, -0.05) is 123 Å². The lowest BCUT2D eigenvalue weighted by molar-refractivity contribution is -0.305. The van der Waals surface area contributed by atoms with Gasteiger partial charge in [0.05, 0.1) is 13.2 Å². The summed E-state index contributed by atoms with van der Waals surface area (Å²) in [6.45, 7) is 3.06. The minimum atomic E-state index is -1.62. The van der Waals surface area contributed by atoms with Gasteiger partial charge in [-0.05, 0) is 89.9 Å². The van der Waals surface area contributed by atoms with Crippen LogP contribution < -0.4 is 0 Å². The molecule has 1 heterocycles. The molecule has 0 aromatic carbocycles. The third kappa shape index (κ3) is 28.4. The second kappa shape index (κ2) is 36.7. The maximum atomic E-state index is 12.7. The van der Waals surface area contributed by atoms with Crippen LogP contribution in [-0.2, 0) is 28.5 Å². The van der Waals surface area contributed by atoms with Gasteiger partial charge in [-0.3, -0.25) is 9.59 Å². The molecule has 1 rings (SSSR count). The van der Waals surface area contributed by atoms with Gasteiger partial charge in [-0.25, -0.2) is 0 Å². The first-order chi connectivity index (χ1) is 27.8. The summed E-state index contributed by atoms with van der Waals surface area (Å²) < 4.78 is 22.0. The Morgan fingerprint density at radius 3 is 1.46 bits per heavy atom. The van der Waals surface area contributed by atoms with Crippen molar-refractivity contribution in [1.82, 2.24) is 0 Å². The van der Waals surface area contributed by atoms with Gasteiger partial charge in [0.2, 0.25) is 0 Å². The van der Waals surface area contributed by atoms with Gasteiger partial charge in [0.15, 0.2) is 12.4 Å². The normalized spacial score (nSPS) is 21.4. The number of hydrogen-bond acceptors (Lipinski definition) is 10. The van der Waals surface area contributed by atoms with E-state index in [1.54, 1.807) is 0 Å². The molecule has 0 saturated carbocycles. The summed E-state index contributed by atoms with van der Waals surface area (Å²) in [6.07, 6.45) is 42.5. The first kappa shape index (κ1) is 51.4. The monoisotopic (exact) mass is 797 g/mol. The molecule has 320 valence electrons. The van der Waals surface area contributed by atoms with Gasteiger partial charge >= 0.3 is 11.9 Å². The molecule has 1 fully saturated rings. The van der Waals surface area contributed by atoms with Crippen LogP contribution >= 0.6 is 0 Å². The molecule has 0 aromatic rings. The first-order valence-electron chi connectivity index (χ1n) is 21.0. The summed E-state index contributed by atoms with van der Waals surface area (Å²) >= 11 is 0. The molecule has 1 aliphatic heterocycles. The molecule has 0 bridgehead atoms. The van der Waals surface area contributed by atoms with Gasteiger partial charge in [0.1, 0.15) is 31.0 Å². The minimum Gasteiger partial charge on any atom is -0.462 e. The molecule has 0 aromatic heterocycles. The van der Waals surface area contributed by atoms with E-state index in [2.05, 4.69) is 117 Å². The summed E-state index contributed by atoms with van der Waals surface area (Å²) in [5, 5.41) is 40.0. The average Bonchev–Trinajstić information content (AvgIpc) is 3.21. The van der Waals surface area contributed by atoms with Gasteiger partial charge in [-0.15, -0.1) is 0 Å². The van der Waals surface area contributed by atoms with Crippen LogP contribution in [0.2, 0.25) is 0 Å². The van der Waals surface area contributed by atoms with E-state index < -0.39 is 55.4 Å². The largest absolute Gasteiger partial charge is 0.462 e. The summed E-state index contributed by atoms with van der Waals surface area (Å²) in [4.78, 5) is 25.2. The van der Waals surface area contributed by atoms with Crippen LogP contribution in [0, 0.1) is 0 Å². The molecule has 1 saturated heterocycles. The molecule has 0 amide bonds. The van der Waals surface area contributed by atoms with Gasteiger partial charge in [0.25, 0.3) is 0 Å². The fourth-order valence-electron chi connectivity index (χ4n) is 5.39. The molecule has 0 radical (unpaired) electrons. The van der Waals surface area contributed by atoms with E-state index in [9.17, 15) is 30.0 Å². The lowest BCUT2D eigenvalue weighted by Crippen LogP contribution is -2.59. The van der Waals surface area contributed by atoms with E-state index in [0.717, 1.165) is 70.6 Å². The zero-order valence-electron chi connectivity index (χ0n) is 34.5. The van der Waals surface area contributed by atoms with Crippen LogP contribution in [-0.4, -0.2) is 89.0 Å². The summed E-state index contributed by atoms with van der Waals surface area (Å²) in [5.74, 6) is -0.939. The van der Waals surface area contributed by atoms with Crippen molar-refractivity contribution >= 4 is 11.9 Å². The third-order valence-electron chi connectivity index (χ3n) is 8.65. The molecule has 10 heteroatoms. The summed E-state index contributed by atoms with van der Waals surface area (Å²) in [6, 6.07) is 0. The minimum absolute atomic E-state index is 0.158. The maximum absolute atomic E-state index is 12.7. The zero-order chi connectivity index (χ0) is 41.6. The van der Waals surface area contributed by atoms with Crippen molar-refractivity contribution in [2.75, 3.05) is 19.8 Å². The Labute approximate surface area is 342 Å². The van der Waals surface area contributed by atoms with Gasteiger partial charge in [0, 0.05) is 12.8 Å². The molecular weight excluding hydrogens is 725 g/mol. The van der Waals surface area contributed by atoms with Crippen molar-refractivity contribution in [2.45, 2.75) is 153 Å². The highest BCUT2D eigenvalue weighted by molar-refractivity contribution is 5.70. The predicted molar refractivity (Wildman–Crippen MR) is 228 cm³/mol. The number of ether oxygens (including phenoxy) is 4. The number of carbonyl (C=O) groups is 2. The van der Waals surface area contributed by atoms with Crippen LogP contribution in [0.4, 0.5) is 0 Å². The van der Waals surface area contributed by atoms with Crippen molar-refractivity contribution in [2.24, 2.45) is 0 Å². The van der Waals surface area contributed by atoms with E-state index in [1.165, 1.54) is 0 Å². The molecule has 6 atom stereocenters. The summed E-state index contributed by atoms with van der Waals surface area (Å²) in [5.41, 5.74) is 0. The van der Waals surface area contributed by atoms with Crippen molar-refractivity contribution in [3.05, 3.63) is 109 Å². The predicted octanol–water partition coefficient (Wildman–Crippen LogP) is 8.55. The Hall–Kier alpha value is -3.64. The van der Waals surface area contributed by atoms with E-state index in [0.29, 0.717) is 19.3 Å². The Morgan fingerprint density at radius 2 is 0.982 bits per heavy atom. The molecule has 0 aliphatic carbocycles. The maximum Gasteiger partial charge on any atom is 0.306 e. The first-order valence-corrected chi connectivity index (χ1v) is 21.0. The number of esters is 2. The van der Waals surface area contributed by atoms with Crippen molar-refractivity contribution in [3.8, 4) is 0 Å². The molecule has 4 N–H and O–H groups in total. The van der Waals surface area contributed by atoms with E-state index in [4.69, 9.17) is 18.9 Å². The molecular formula is C47H72O10. The van der Waals surface area contributed by atoms with Crippen LogP contribution in [0.1, 0.15) is 117 Å². The van der Waals surface area contributed by atoms with Crippen molar-refractivity contribution in [3.63, 3.8) is 0 Å². The topological polar surface area (TPSA) is 152 Å². The highest BCUT2D eigenvalue weighted by Gasteiger charge is 2.44. The van der Waals surface area contributed by atoms with Crippen LogP contribution in [0.25, 0.3) is 0 Å². The van der Waals surface area contributed by atoms with Crippen LogP contribution in [0.5, 0.6) is 0 Å². The fourth-order valence-corrected chi connectivity index (χ4v) is 5.39. The van der Waals surface area contributed by atoms with E-state index in [1.807, 2.05) is 6.08 Å². The van der Waals surface area contributed by atoms with Crippen LogP contribution in [0.3, 0.4) is 0 Å². The summed E-state index contributed by atoms with van der Waals surface area (Å²) in [7, 11) is 0. The Bertz CT molecular complexity index is 1290. The smallest absolute Gasteiger partial charge is 0.306 e. The van der Waals surface area contributed by atoms with Gasteiger partial charge < -0.3 is 39.4 Å². The Balaban J connectivity index is 2.45. The van der Waals surface area contributed by atoms with Gasteiger partial charge in [-0.2, -0.15) is 0 Å².